The van der Waals surface area contributed by atoms with Crippen LogP contribution in [0.1, 0.15) is 19.4 Å². The summed E-state index contributed by atoms with van der Waals surface area (Å²) in [6.45, 7) is 4.25. The van der Waals surface area contributed by atoms with Gasteiger partial charge in [-0.3, -0.25) is 4.79 Å². The Morgan fingerprint density at radius 1 is 1.44 bits per heavy atom. The van der Waals surface area contributed by atoms with E-state index in [2.05, 4.69) is 5.32 Å². The average molecular weight is 222 g/mol. The minimum Gasteiger partial charge on any atom is -0.369 e. The maximum atomic E-state index is 11.5. The van der Waals surface area contributed by atoms with Crippen LogP contribution in [0.5, 0.6) is 0 Å². The molecule has 0 spiro atoms. The zero-order chi connectivity index (χ0) is 12.0. The third-order valence-corrected chi connectivity index (χ3v) is 2.06. The Bertz CT molecular complexity index is 351. The summed E-state index contributed by atoms with van der Waals surface area (Å²) in [5, 5.41) is 2.77. The Morgan fingerprint density at radius 3 is 2.75 bits per heavy atom. The molecule has 0 heterocycles. The smallest absolute Gasteiger partial charge is 0.250 e. The molecular formula is C12H18N2O2. The highest BCUT2D eigenvalue weighted by Gasteiger charge is 2.06. The number of benzene rings is 1. The molecule has 0 atom stereocenters. The van der Waals surface area contributed by atoms with E-state index in [1.807, 2.05) is 38.1 Å². The van der Waals surface area contributed by atoms with Gasteiger partial charge in [0.2, 0.25) is 5.91 Å². The quantitative estimate of drug-likeness (QED) is 0.793. The van der Waals surface area contributed by atoms with E-state index in [9.17, 15) is 4.79 Å². The highest BCUT2D eigenvalue weighted by molar-refractivity contribution is 5.92. The van der Waals surface area contributed by atoms with Crippen molar-refractivity contribution >= 4 is 11.6 Å². The molecule has 0 aliphatic rings. The molecule has 1 aromatic carbocycles. The molecule has 3 N–H and O–H groups in total. The molecule has 0 saturated carbocycles. The molecule has 1 amide bonds. The predicted octanol–water partition coefficient (Wildman–Crippen LogP) is 1.51. The van der Waals surface area contributed by atoms with Gasteiger partial charge in [-0.05, 0) is 25.5 Å². The van der Waals surface area contributed by atoms with E-state index in [0.29, 0.717) is 6.54 Å². The van der Waals surface area contributed by atoms with Gasteiger partial charge in [0.1, 0.15) is 6.61 Å². The first-order chi connectivity index (χ1) is 7.63. The molecular weight excluding hydrogens is 204 g/mol. The number of carbonyl (C=O) groups is 1. The number of amides is 1. The summed E-state index contributed by atoms with van der Waals surface area (Å²) >= 11 is 0. The summed E-state index contributed by atoms with van der Waals surface area (Å²) in [7, 11) is 0. The van der Waals surface area contributed by atoms with E-state index in [1.165, 1.54) is 0 Å². The van der Waals surface area contributed by atoms with Crippen molar-refractivity contribution in [3.05, 3.63) is 29.8 Å². The highest BCUT2D eigenvalue weighted by Crippen LogP contribution is 2.13. The second kappa shape index (κ2) is 6.25. The fourth-order valence-electron chi connectivity index (χ4n) is 1.25. The van der Waals surface area contributed by atoms with Gasteiger partial charge in [0, 0.05) is 12.2 Å². The maximum absolute atomic E-state index is 11.5. The number of nitrogens with two attached hydrogens (primary N) is 1. The van der Waals surface area contributed by atoms with Crippen LogP contribution in [-0.4, -0.2) is 18.6 Å². The minimum atomic E-state index is -0.158. The number of rotatable bonds is 5. The summed E-state index contributed by atoms with van der Waals surface area (Å²) in [6.07, 6.45) is 0.0514. The van der Waals surface area contributed by atoms with Crippen LogP contribution < -0.4 is 11.1 Å². The maximum Gasteiger partial charge on any atom is 0.250 e. The normalized spacial score (nSPS) is 10.5. The Hall–Kier alpha value is -1.39. The molecule has 1 rings (SSSR count). The van der Waals surface area contributed by atoms with Gasteiger partial charge < -0.3 is 15.8 Å². The summed E-state index contributed by atoms with van der Waals surface area (Å²) in [5.41, 5.74) is 7.24. The van der Waals surface area contributed by atoms with E-state index >= 15 is 0 Å². The SMILES string of the molecule is CC(C)OCC(=O)Nc1ccccc1CN. The molecule has 0 unspecified atom stereocenters. The van der Waals surface area contributed by atoms with Crippen molar-refractivity contribution in [3.63, 3.8) is 0 Å². The lowest BCUT2D eigenvalue weighted by atomic mass is 10.2. The third kappa shape index (κ3) is 4.00. The standard InChI is InChI=1S/C12H18N2O2/c1-9(2)16-8-12(15)14-11-6-4-3-5-10(11)7-13/h3-6,9H,7-8,13H2,1-2H3,(H,14,15). The molecule has 0 radical (unpaired) electrons. The predicted molar refractivity (Wildman–Crippen MR) is 64.1 cm³/mol. The van der Waals surface area contributed by atoms with Gasteiger partial charge in [0.15, 0.2) is 0 Å². The minimum absolute atomic E-state index is 0.0514. The molecule has 0 aliphatic heterocycles. The van der Waals surface area contributed by atoms with Crippen LogP contribution in [0.15, 0.2) is 24.3 Å². The van der Waals surface area contributed by atoms with Crippen LogP contribution in [0.4, 0.5) is 5.69 Å². The molecule has 16 heavy (non-hydrogen) atoms. The largest absolute Gasteiger partial charge is 0.369 e. The average Bonchev–Trinajstić information content (AvgIpc) is 2.27. The third-order valence-electron chi connectivity index (χ3n) is 2.06. The molecule has 1 aromatic rings. The highest BCUT2D eigenvalue weighted by atomic mass is 16.5. The zero-order valence-corrected chi connectivity index (χ0v) is 9.69. The Morgan fingerprint density at radius 2 is 2.12 bits per heavy atom. The zero-order valence-electron chi connectivity index (χ0n) is 9.69. The molecule has 0 bridgehead atoms. The fourth-order valence-corrected chi connectivity index (χ4v) is 1.25. The van der Waals surface area contributed by atoms with Gasteiger partial charge in [0.25, 0.3) is 0 Å². The van der Waals surface area contributed by atoms with Crippen LogP contribution >= 0.6 is 0 Å². The van der Waals surface area contributed by atoms with Gasteiger partial charge in [-0.15, -0.1) is 0 Å². The number of anilines is 1. The Labute approximate surface area is 95.8 Å². The van der Waals surface area contributed by atoms with Gasteiger partial charge in [-0.25, -0.2) is 0 Å². The Balaban J connectivity index is 2.55. The number of hydrogen-bond acceptors (Lipinski definition) is 3. The molecule has 88 valence electrons. The first-order valence-electron chi connectivity index (χ1n) is 5.33. The first kappa shape index (κ1) is 12.7. The number of para-hydroxylation sites is 1. The van der Waals surface area contributed by atoms with Gasteiger partial charge >= 0.3 is 0 Å². The van der Waals surface area contributed by atoms with E-state index in [1.54, 1.807) is 0 Å². The topological polar surface area (TPSA) is 64.3 Å². The number of ether oxygens (including phenoxy) is 1. The van der Waals surface area contributed by atoms with Gasteiger partial charge in [-0.2, -0.15) is 0 Å². The second-order valence-electron chi connectivity index (χ2n) is 3.77. The van der Waals surface area contributed by atoms with Crippen molar-refractivity contribution in [2.75, 3.05) is 11.9 Å². The van der Waals surface area contributed by atoms with Crippen molar-refractivity contribution in [3.8, 4) is 0 Å². The van der Waals surface area contributed by atoms with Gasteiger partial charge in [-0.1, -0.05) is 18.2 Å². The van der Waals surface area contributed by atoms with Crippen molar-refractivity contribution < 1.29 is 9.53 Å². The fraction of sp³-hybridized carbons (Fsp3) is 0.417. The number of carbonyl (C=O) groups excluding carboxylic acids is 1. The molecule has 4 heteroatoms. The number of nitrogens with one attached hydrogen (secondary N) is 1. The van der Waals surface area contributed by atoms with E-state index < -0.39 is 0 Å². The summed E-state index contributed by atoms with van der Waals surface area (Å²) in [5.74, 6) is -0.158. The lowest BCUT2D eigenvalue weighted by molar-refractivity contribution is -0.121. The van der Waals surface area contributed by atoms with Crippen LogP contribution in [-0.2, 0) is 16.1 Å². The van der Waals surface area contributed by atoms with Crippen molar-refractivity contribution in [1.82, 2.24) is 0 Å². The Kier molecular flexibility index (Phi) is 4.95. The van der Waals surface area contributed by atoms with Crippen molar-refractivity contribution in [1.29, 1.82) is 0 Å². The lowest BCUT2D eigenvalue weighted by Crippen LogP contribution is -2.21. The second-order valence-corrected chi connectivity index (χ2v) is 3.77. The molecule has 0 aromatic heterocycles. The van der Waals surface area contributed by atoms with E-state index in [4.69, 9.17) is 10.5 Å². The number of hydrogen-bond donors (Lipinski definition) is 2. The first-order valence-corrected chi connectivity index (χ1v) is 5.33. The molecule has 0 saturated heterocycles. The van der Waals surface area contributed by atoms with Crippen LogP contribution in [0.25, 0.3) is 0 Å². The molecule has 4 nitrogen and oxygen atoms in total. The van der Waals surface area contributed by atoms with Crippen LogP contribution in [0.2, 0.25) is 0 Å². The summed E-state index contributed by atoms with van der Waals surface area (Å²) in [4.78, 5) is 11.5. The lowest BCUT2D eigenvalue weighted by Gasteiger charge is -2.11. The molecule has 0 fully saturated rings. The van der Waals surface area contributed by atoms with E-state index in [-0.39, 0.29) is 18.6 Å². The van der Waals surface area contributed by atoms with E-state index in [0.717, 1.165) is 11.3 Å². The van der Waals surface area contributed by atoms with Crippen molar-refractivity contribution in [2.24, 2.45) is 5.73 Å². The van der Waals surface area contributed by atoms with Crippen LogP contribution in [0, 0.1) is 0 Å². The van der Waals surface area contributed by atoms with Gasteiger partial charge in [0.05, 0.1) is 6.10 Å². The summed E-state index contributed by atoms with van der Waals surface area (Å²) in [6, 6.07) is 7.47. The molecule has 0 aliphatic carbocycles. The van der Waals surface area contributed by atoms with Crippen molar-refractivity contribution in [2.45, 2.75) is 26.5 Å². The monoisotopic (exact) mass is 222 g/mol. The van der Waals surface area contributed by atoms with Crippen LogP contribution in [0.3, 0.4) is 0 Å². The summed E-state index contributed by atoms with van der Waals surface area (Å²) < 4.78 is 5.21.